The maximum Gasteiger partial charge on any atom is 0.345 e. The van der Waals surface area contributed by atoms with Crippen molar-refractivity contribution in [1.82, 2.24) is 0 Å². The molecular formula is C11H14O4. The lowest BCUT2D eigenvalue weighted by atomic mass is 10.2. The van der Waals surface area contributed by atoms with Crippen molar-refractivity contribution in [1.29, 1.82) is 0 Å². The standard InChI is InChI=1S/C11H14O4/c1-4-7(2)9-5-10(14-3)8(6-12)11(13)15-9/h4-5,12H,6H2,1-3H3. The lowest BCUT2D eigenvalue weighted by Gasteiger charge is -2.06. The van der Waals surface area contributed by atoms with Crippen molar-refractivity contribution in [3.05, 3.63) is 33.9 Å². The summed E-state index contributed by atoms with van der Waals surface area (Å²) in [6.45, 7) is 3.29. The van der Waals surface area contributed by atoms with E-state index in [-0.39, 0.29) is 12.2 Å². The van der Waals surface area contributed by atoms with Crippen LogP contribution in [-0.2, 0) is 6.61 Å². The van der Waals surface area contributed by atoms with E-state index in [1.54, 1.807) is 6.07 Å². The van der Waals surface area contributed by atoms with Crippen LogP contribution >= 0.6 is 0 Å². The van der Waals surface area contributed by atoms with E-state index >= 15 is 0 Å². The van der Waals surface area contributed by atoms with Gasteiger partial charge >= 0.3 is 5.63 Å². The van der Waals surface area contributed by atoms with Crippen molar-refractivity contribution >= 4 is 5.57 Å². The highest BCUT2D eigenvalue weighted by atomic mass is 16.5. The Bertz CT molecular complexity index is 429. The minimum Gasteiger partial charge on any atom is -0.496 e. The van der Waals surface area contributed by atoms with E-state index in [1.807, 2.05) is 19.9 Å². The molecule has 0 spiro atoms. The molecule has 0 aliphatic rings. The van der Waals surface area contributed by atoms with Crippen LogP contribution in [0.1, 0.15) is 25.2 Å². The van der Waals surface area contributed by atoms with Crippen LogP contribution in [-0.4, -0.2) is 12.2 Å². The number of ether oxygens (including phenoxy) is 1. The van der Waals surface area contributed by atoms with Crippen LogP contribution in [0.4, 0.5) is 0 Å². The number of rotatable bonds is 3. The van der Waals surface area contributed by atoms with Gasteiger partial charge in [-0.15, -0.1) is 0 Å². The summed E-state index contributed by atoms with van der Waals surface area (Å²) in [6.07, 6.45) is 1.83. The Morgan fingerprint density at radius 1 is 1.67 bits per heavy atom. The first-order valence-corrected chi connectivity index (χ1v) is 4.59. The second-order valence-corrected chi connectivity index (χ2v) is 3.07. The Morgan fingerprint density at radius 3 is 2.80 bits per heavy atom. The Hall–Kier alpha value is -1.55. The molecule has 0 radical (unpaired) electrons. The molecule has 82 valence electrons. The van der Waals surface area contributed by atoms with E-state index in [2.05, 4.69) is 0 Å². The highest BCUT2D eigenvalue weighted by Gasteiger charge is 2.11. The Labute approximate surface area is 87.8 Å². The number of aliphatic hydroxyl groups is 1. The minimum atomic E-state index is -0.562. The van der Waals surface area contributed by atoms with Crippen molar-refractivity contribution in [3.8, 4) is 5.75 Å². The molecule has 0 bridgehead atoms. The summed E-state index contributed by atoms with van der Waals surface area (Å²) < 4.78 is 10.0. The van der Waals surface area contributed by atoms with Crippen LogP contribution in [0.3, 0.4) is 0 Å². The van der Waals surface area contributed by atoms with Crippen molar-refractivity contribution in [3.63, 3.8) is 0 Å². The third kappa shape index (κ3) is 2.27. The van der Waals surface area contributed by atoms with Gasteiger partial charge in [0.05, 0.1) is 13.7 Å². The van der Waals surface area contributed by atoms with E-state index in [9.17, 15) is 4.79 Å². The van der Waals surface area contributed by atoms with Gasteiger partial charge in [0.25, 0.3) is 0 Å². The summed E-state index contributed by atoms with van der Waals surface area (Å²) in [5.74, 6) is 0.807. The maximum absolute atomic E-state index is 11.4. The maximum atomic E-state index is 11.4. The van der Waals surface area contributed by atoms with Gasteiger partial charge in [0.2, 0.25) is 0 Å². The van der Waals surface area contributed by atoms with Crippen LogP contribution in [0.15, 0.2) is 21.4 Å². The van der Waals surface area contributed by atoms with Gasteiger partial charge in [0, 0.05) is 6.07 Å². The number of allylic oxidation sites excluding steroid dienone is 2. The number of hydrogen-bond acceptors (Lipinski definition) is 4. The minimum absolute atomic E-state index is 0.144. The van der Waals surface area contributed by atoms with Gasteiger partial charge in [-0.2, -0.15) is 0 Å². The molecule has 1 heterocycles. The van der Waals surface area contributed by atoms with Crippen LogP contribution in [0, 0.1) is 0 Å². The second-order valence-electron chi connectivity index (χ2n) is 3.07. The molecule has 4 heteroatoms. The largest absolute Gasteiger partial charge is 0.496 e. The van der Waals surface area contributed by atoms with Crippen LogP contribution in [0.2, 0.25) is 0 Å². The summed E-state index contributed by atoms with van der Waals surface area (Å²) in [5, 5.41) is 8.96. The average Bonchev–Trinajstić information content (AvgIpc) is 2.26. The molecule has 0 fully saturated rings. The Kier molecular flexibility index (Phi) is 3.68. The van der Waals surface area contributed by atoms with Crippen LogP contribution < -0.4 is 10.4 Å². The molecule has 1 aromatic rings. The van der Waals surface area contributed by atoms with E-state index in [1.165, 1.54) is 7.11 Å². The molecule has 4 nitrogen and oxygen atoms in total. The summed E-state index contributed by atoms with van der Waals surface area (Å²) in [7, 11) is 1.45. The van der Waals surface area contributed by atoms with E-state index in [0.717, 1.165) is 5.57 Å². The molecule has 0 aliphatic carbocycles. The first-order valence-electron chi connectivity index (χ1n) is 4.59. The third-order valence-electron chi connectivity index (χ3n) is 2.21. The van der Waals surface area contributed by atoms with E-state index < -0.39 is 5.63 Å². The molecule has 0 unspecified atom stereocenters. The second kappa shape index (κ2) is 4.79. The highest BCUT2D eigenvalue weighted by Crippen LogP contribution is 2.21. The Balaban J connectivity index is 3.39. The molecule has 15 heavy (non-hydrogen) atoms. The fourth-order valence-corrected chi connectivity index (χ4v) is 1.16. The van der Waals surface area contributed by atoms with Crippen molar-refractivity contribution in [2.75, 3.05) is 7.11 Å². The molecule has 0 aromatic carbocycles. The summed E-state index contributed by atoms with van der Waals surface area (Å²) in [6, 6.07) is 1.60. The van der Waals surface area contributed by atoms with Gasteiger partial charge < -0.3 is 14.3 Å². The van der Waals surface area contributed by atoms with Crippen molar-refractivity contribution in [2.24, 2.45) is 0 Å². The number of methoxy groups -OCH3 is 1. The number of hydrogen-bond donors (Lipinski definition) is 1. The average molecular weight is 210 g/mol. The van der Waals surface area contributed by atoms with Crippen molar-refractivity contribution in [2.45, 2.75) is 20.5 Å². The fraction of sp³-hybridized carbons (Fsp3) is 0.364. The molecule has 0 aliphatic heterocycles. The predicted octanol–water partition coefficient (Wildman–Crippen LogP) is 1.56. The van der Waals surface area contributed by atoms with Crippen LogP contribution in [0.25, 0.3) is 5.57 Å². The summed E-state index contributed by atoms with van der Waals surface area (Å²) >= 11 is 0. The SMILES string of the molecule is CC=C(C)c1cc(OC)c(CO)c(=O)o1. The van der Waals surface area contributed by atoms with Gasteiger partial charge in [-0.25, -0.2) is 4.79 Å². The predicted molar refractivity (Wildman–Crippen MR) is 56.8 cm³/mol. The molecule has 0 amide bonds. The third-order valence-corrected chi connectivity index (χ3v) is 2.21. The normalized spacial score (nSPS) is 11.6. The first kappa shape index (κ1) is 11.5. The quantitative estimate of drug-likeness (QED) is 0.822. The molecule has 1 aromatic heterocycles. The first-order chi connectivity index (χ1) is 7.13. The fourth-order valence-electron chi connectivity index (χ4n) is 1.16. The molecule has 1 rings (SSSR count). The smallest absolute Gasteiger partial charge is 0.345 e. The zero-order valence-electron chi connectivity index (χ0n) is 9.03. The number of aliphatic hydroxyl groups excluding tert-OH is 1. The van der Waals surface area contributed by atoms with Crippen LogP contribution in [0.5, 0.6) is 5.75 Å². The van der Waals surface area contributed by atoms with E-state index in [4.69, 9.17) is 14.3 Å². The zero-order chi connectivity index (χ0) is 11.4. The zero-order valence-corrected chi connectivity index (χ0v) is 9.03. The molecule has 0 atom stereocenters. The van der Waals surface area contributed by atoms with Gasteiger partial charge in [-0.3, -0.25) is 0 Å². The molecule has 1 N–H and O–H groups in total. The lowest BCUT2D eigenvalue weighted by Crippen LogP contribution is -2.10. The van der Waals surface area contributed by atoms with Gasteiger partial charge in [-0.1, -0.05) is 6.08 Å². The molecule has 0 saturated heterocycles. The van der Waals surface area contributed by atoms with Gasteiger partial charge in [0.1, 0.15) is 17.1 Å². The molecule has 0 saturated carbocycles. The van der Waals surface area contributed by atoms with Crippen molar-refractivity contribution < 1.29 is 14.3 Å². The Morgan fingerprint density at radius 2 is 2.33 bits per heavy atom. The summed E-state index contributed by atoms with van der Waals surface area (Å²) in [5.41, 5.74) is 0.424. The lowest BCUT2D eigenvalue weighted by molar-refractivity contribution is 0.264. The molecular weight excluding hydrogens is 196 g/mol. The highest BCUT2D eigenvalue weighted by molar-refractivity contribution is 5.60. The monoisotopic (exact) mass is 210 g/mol. The van der Waals surface area contributed by atoms with Gasteiger partial charge in [0.15, 0.2) is 0 Å². The summed E-state index contributed by atoms with van der Waals surface area (Å²) in [4.78, 5) is 11.4. The topological polar surface area (TPSA) is 59.7 Å². The van der Waals surface area contributed by atoms with Gasteiger partial charge in [-0.05, 0) is 19.4 Å². The van der Waals surface area contributed by atoms with E-state index in [0.29, 0.717) is 11.5 Å².